The van der Waals surface area contributed by atoms with Gasteiger partial charge >= 0.3 is 0 Å². The fraction of sp³-hybridized carbons (Fsp3) is 0.0870. The number of Topliss-reactive ketones (excluding diaryl/α,β-unsaturated/α-hetero) is 1. The van der Waals surface area contributed by atoms with E-state index in [4.69, 9.17) is 16.3 Å². The molecule has 0 saturated carbocycles. The second kappa shape index (κ2) is 8.00. The largest absolute Gasteiger partial charge is 0.507 e. The highest BCUT2D eigenvalue weighted by Crippen LogP contribution is 2.42. The third-order valence-corrected chi connectivity index (χ3v) is 5.13. The van der Waals surface area contributed by atoms with E-state index in [1.165, 1.54) is 12.0 Å². The van der Waals surface area contributed by atoms with Crippen molar-refractivity contribution in [3.05, 3.63) is 94.8 Å². The lowest BCUT2D eigenvalue weighted by Crippen LogP contribution is -2.29. The van der Waals surface area contributed by atoms with Crippen LogP contribution in [-0.4, -0.2) is 28.9 Å². The molecule has 0 bridgehead atoms. The molecule has 1 fully saturated rings. The maximum atomic E-state index is 13.0. The zero-order chi connectivity index (χ0) is 21.3. The number of aliphatic hydroxyl groups is 1. The fourth-order valence-corrected chi connectivity index (χ4v) is 3.67. The minimum absolute atomic E-state index is 0.0156. The van der Waals surface area contributed by atoms with Gasteiger partial charge in [-0.05, 0) is 54.1 Å². The predicted molar refractivity (Wildman–Crippen MR) is 113 cm³/mol. The third kappa shape index (κ3) is 3.42. The van der Waals surface area contributed by atoms with E-state index in [0.717, 1.165) is 0 Å². The summed E-state index contributed by atoms with van der Waals surface area (Å²) in [6.45, 7) is 0. The molecule has 150 valence electrons. The number of ether oxygens (including phenoxy) is 1. The summed E-state index contributed by atoms with van der Waals surface area (Å²) in [6, 6.07) is 15.9. The van der Waals surface area contributed by atoms with E-state index >= 15 is 0 Å². The molecule has 0 radical (unpaired) electrons. The van der Waals surface area contributed by atoms with Gasteiger partial charge in [0, 0.05) is 28.7 Å². The normalized spacial score (nSPS) is 17.9. The van der Waals surface area contributed by atoms with Crippen LogP contribution in [-0.2, 0) is 9.59 Å². The maximum Gasteiger partial charge on any atom is 0.300 e. The standard InChI is InChI=1S/C23H17ClN2O4/c1-30-18-9-7-14(8-10-18)21(27)19-20(15-4-3-11-25-13-15)26(23(29)22(19)28)17-6-2-5-16(24)12-17/h2-13,20,27H,1H3/b21-19+. The molecule has 1 aliphatic rings. The number of aliphatic hydroxyl groups excluding tert-OH is 1. The second-order valence-corrected chi connectivity index (χ2v) is 7.10. The first-order chi connectivity index (χ1) is 14.5. The van der Waals surface area contributed by atoms with E-state index in [9.17, 15) is 14.7 Å². The highest BCUT2D eigenvalue weighted by atomic mass is 35.5. The van der Waals surface area contributed by atoms with Gasteiger partial charge in [-0.3, -0.25) is 19.5 Å². The van der Waals surface area contributed by atoms with Gasteiger partial charge in [0.2, 0.25) is 0 Å². The predicted octanol–water partition coefficient (Wildman–Crippen LogP) is 4.37. The molecule has 1 unspecified atom stereocenters. The van der Waals surface area contributed by atoms with Gasteiger partial charge in [-0.1, -0.05) is 23.7 Å². The average Bonchev–Trinajstić information content (AvgIpc) is 3.04. The number of aromatic nitrogens is 1. The van der Waals surface area contributed by atoms with Crippen molar-refractivity contribution in [2.24, 2.45) is 0 Å². The molecule has 30 heavy (non-hydrogen) atoms. The molecule has 0 spiro atoms. The van der Waals surface area contributed by atoms with E-state index in [1.54, 1.807) is 73.1 Å². The molecule has 1 aromatic heterocycles. The molecule has 6 nitrogen and oxygen atoms in total. The molecule has 1 amide bonds. The first-order valence-electron chi connectivity index (χ1n) is 9.12. The Morgan fingerprint density at radius 1 is 1.10 bits per heavy atom. The minimum atomic E-state index is -0.848. The lowest BCUT2D eigenvalue weighted by molar-refractivity contribution is -0.132. The van der Waals surface area contributed by atoms with Gasteiger partial charge in [0.15, 0.2) is 0 Å². The minimum Gasteiger partial charge on any atom is -0.507 e. The van der Waals surface area contributed by atoms with Gasteiger partial charge < -0.3 is 9.84 Å². The first-order valence-corrected chi connectivity index (χ1v) is 9.50. The van der Waals surface area contributed by atoms with Crippen molar-refractivity contribution in [1.82, 2.24) is 4.98 Å². The Bertz CT molecular complexity index is 1140. The Labute approximate surface area is 178 Å². The summed E-state index contributed by atoms with van der Waals surface area (Å²) >= 11 is 6.12. The van der Waals surface area contributed by atoms with Crippen LogP contribution in [0.2, 0.25) is 5.02 Å². The summed E-state index contributed by atoms with van der Waals surface area (Å²) in [5.74, 6) is -1.19. The Balaban J connectivity index is 1.92. The fourth-order valence-electron chi connectivity index (χ4n) is 3.48. The number of pyridine rings is 1. The molecule has 2 aromatic carbocycles. The molecule has 4 rings (SSSR count). The van der Waals surface area contributed by atoms with Crippen LogP contribution in [0, 0.1) is 0 Å². The van der Waals surface area contributed by atoms with Crippen molar-refractivity contribution in [1.29, 1.82) is 0 Å². The lowest BCUT2D eigenvalue weighted by atomic mass is 9.96. The smallest absolute Gasteiger partial charge is 0.300 e. The molecular formula is C23H17ClN2O4. The Morgan fingerprint density at radius 2 is 1.87 bits per heavy atom. The van der Waals surface area contributed by atoms with Crippen LogP contribution in [0.1, 0.15) is 17.2 Å². The number of hydrogen-bond acceptors (Lipinski definition) is 5. The number of carbonyl (C=O) groups is 2. The molecule has 7 heteroatoms. The van der Waals surface area contributed by atoms with Crippen molar-refractivity contribution < 1.29 is 19.4 Å². The average molecular weight is 421 g/mol. The Hall–Kier alpha value is -3.64. The summed E-state index contributed by atoms with van der Waals surface area (Å²) in [4.78, 5) is 31.5. The topological polar surface area (TPSA) is 79.7 Å². The quantitative estimate of drug-likeness (QED) is 0.385. The monoisotopic (exact) mass is 420 g/mol. The summed E-state index contributed by atoms with van der Waals surface area (Å²) in [5, 5.41) is 11.4. The molecule has 1 atom stereocenters. The zero-order valence-corrected chi connectivity index (χ0v) is 16.7. The number of amides is 1. The van der Waals surface area contributed by atoms with Crippen molar-refractivity contribution >= 4 is 34.7 Å². The van der Waals surface area contributed by atoms with E-state index in [1.807, 2.05) is 0 Å². The lowest BCUT2D eigenvalue weighted by Gasteiger charge is -2.25. The van der Waals surface area contributed by atoms with Crippen LogP contribution in [0.15, 0.2) is 78.6 Å². The van der Waals surface area contributed by atoms with Crippen LogP contribution in [0.5, 0.6) is 5.75 Å². The molecule has 1 aliphatic heterocycles. The molecular weight excluding hydrogens is 404 g/mol. The first kappa shape index (κ1) is 19.7. The van der Waals surface area contributed by atoms with E-state index in [-0.39, 0.29) is 11.3 Å². The van der Waals surface area contributed by atoms with Crippen molar-refractivity contribution in [2.45, 2.75) is 6.04 Å². The van der Waals surface area contributed by atoms with E-state index in [2.05, 4.69) is 4.98 Å². The van der Waals surface area contributed by atoms with Gasteiger partial charge in [0.25, 0.3) is 11.7 Å². The highest BCUT2D eigenvalue weighted by Gasteiger charge is 2.47. The summed E-state index contributed by atoms with van der Waals surface area (Å²) < 4.78 is 5.14. The van der Waals surface area contributed by atoms with Gasteiger partial charge in [-0.15, -0.1) is 0 Å². The van der Waals surface area contributed by atoms with Gasteiger partial charge in [0.1, 0.15) is 11.5 Å². The number of halogens is 1. The van der Waals surface area contributed by atoms with E-state index in [0.29, 0.717) is 27.6 Å². The van der Waals surface area contributed by atoms with Crippen LogP contribution in [0.4, 0.5) is 5.69 Å². The Morgan fingerprint density at radius 3 is 2.50 bits per heavy atom. The van der Waals surface area contributed by atoms with Crippen LogP contribution in [0.3, 0.4) is 0 Å². The van der Waals surface area contributed by atoms with Gasteiger partial charge in [-0.2, -0.15) is 0 Å². The van der Waals surface area contributed by atoms with Crippen LogP contribution >= 0.6 is 11.6 Å². The number of anilines is 1. The zero-order valence-electron chi connectivity index (χ0n) is 15.9. The number of ketones is 1. The molecule has 3 aromatic rings. The number of nitrogens with zero attached hydrogens (tertiary/aromatic N) is 2. The highest BCUT2D eigenvalue weighted by molar-refractivity contribution is 6.51. The summed E-state index contributed by atoms with van der Waals surface area (Å²) in [6.07, 6.45) is 3.16. The molecule has 1 saturated heterocycles. The Kier molecular flexibility index (Phi) is 5.25. The SMILES string of the molecule is COc1ccc(/C(O)=C2\C(=O)C(=O)N(c3cccc(Cl)c3)C2c2cccnc2)cc1. The number of methoxy groups -OCH3 is 1. The second-order valence-electron chi connectivity index (χ2n) is 6.66. The number of benzene rings is 2. The van der Waals surface area contributed by atoms with Crippen LogP contribution in [0.25, 0.3) is 5.76 Å². The maximum absolute atomic E-state index is 13.0. The molecule has 1 N–H and O–H groups in total. The number of carbonyl (C=O) groups excluding carboxylic acids is 2. The van der Waals surface area contributed by atoms with Crippen molar-refractivity contribution in [3.63, 3.8) is 0 Å². The van der Waals surface area contributed by atoms with E-state index < -0.39 is 17.7 Å². The van der Waals surface area contributed by atoms with Crippen molar-refractivity contribution in [2.75, 3.05) is 12.0 Å². The summed E-state index contributed by atoms with van der Waals surface area (Å²) in [7, 11) is 1.54. The van der Waals surface area contributed by atoms with Gasteiger partial charge in [0.05, 0.1) is 18.7 Å². The number of hydrogen-bond donors (Lipinski definition) is 1. The molecule has 2 heterocycles. The van der Waals surface area contributed by atoms with Crippen molar-refractivity contribution in [3.8, 4) is 5.75 Å². The summed E-state index contributed by atoms with van der Waals surface area (Å²) in [5.41, 5.74) is 1.42. The molecule has 0 aliphatic carbocycles. The number of rotatable bonds is 4. The van der Waals surface area contributed by atoms with Gasteiger partial charge in [-0.25, -0.2) is 0 Å². The third-order valence-electron chi connectivity index (χ3n) is 4.89. The van der Waals surface area contributed by atoms with Crippen LogP contribution < -0.4 is 9.64 Å².